The second-order valence-electron chi connectivity index (χ2n) is 7.85. The van der Waals surface area contributed by atoms with Crippen LogP contribution in [0.1, 0.15) is 31.9 Å². The second kappa shape index (κ2) is 12.0. The fraction of sp³-hybridized carbons (Fsp3) is 0.269. The average Bonchev–Trinajstić information content (AvgIpc) is 2.87. The van der Waals surface area contributed by atoms with Crippen LogP contribution in [0.5, 0.6) is 11.5 Å². The number of amidine groups is 1. The van der Waals surface area contributed by atoms with Crippen molar-refractivity contribution in [1.29, 1.82) is 0 Å². The Kier molecular flexibility index (Phi) is 8.99. The van der Waals surface area contributed by atoms with Crippen molar-refractivity contribution >= 4 is 23.4 Å². The van der Waals surface area contributed by atoms with Gasteiger partial charge in [-0.1, -0.05) is 28.9 Å². The summed E-state index contributed by atoms with van der Waals surface area (Å²) in [5.41, 5.74) is 0.301. The van der Waals surface area contributed by atoms with Crippen molar-refractivity contribution in [2.45, 2.75) is 33.1 Å². The Balaban J connectivity index is 1.73. The molecule has 1 unspecified atom stereocenters. The van der Waals surface area contributed by atoms with Crippen molar-refractivity contribution < 1.29 is 32.6 Å². The number of hydrogen-bond acceptors (Lipinski definition) is 6. The number of halogens is 4. The lowest BCUT2D eigenvalue weighted by Crippen LogP contribution is -2.33. The smallest absolute Gasteiger partial charge is 0.417 e. The maximum Gasteiger partial charge on any atom is 0.417 e. The molecule has 1 aromatic heterocycles. The Morgan fingerprint density at radius 3 is 2.41 bits per heavy atom. The maximum atomic E-state index is 12.8. The van der Waals surface area contributed by atoms with Gasteiger partial charge in [0.15, 0.2) is 23.4 Å². The molecule has 0 spiro atoms. The van der Waals surface area contributed by atoms with E-state index in [1.165, 1.54) is 31.2 Å². The van der Waals surface area contributed by atoms with E-state index >= 15 is 0 Å². The minimum Gasteiger partial charge on any atom is -0.504 e. The fourth-order valence-corrected chi connectivity index (χ4v) is 3.57. The van der Waals surface area contributed by atoms with E-state index in [0.29, 0.717) is 41.3 Å². The number of ether oxygens (including phenoxy) is 1. The van der Waals surface area contributed by atoms with E-state index in [1.54, 1.807) is 24.3 Å². The van der Waals surface area contributed by atoms with Gasteiger partial charge in [-0.15, -0.1) is 0 Å². The van der Waals surface area contributed by atoms with E-state index in [2.05, 4.69) is 10.1 Å². The first-order chi connectivity index (χ1) is 17.5. The number of alkyl halides is 3. The molecule has 0 amide bonds. The number of phenols is 1. The van der Waals surface area contributed by atoms with Gasteiger partial charge in [-0.05, 0) is 63.2 Å². The zero-order valence-corrected chi connectivity index (χ0v) is 21.0. The molecular formula is C26H25ClF3N3O4. The van der Waals surface area contributed by atoms with Crippen LogP contribution in [-0.2, 0) is 15.8 Å². The Morgan fingerprint density at radius 2 is 1.84 bits per heavy atom. The third-order valence-electron chi connectivity index (χ3n) is 5.38. The Bertz CT molecular complexity index is 1260. The van der Waals surface area contributed by atoms with Gasteiger partial charge >= 0.3 is 12.1 Å². The lowest BCUT2D eigenvalue weighted by molar-refractivity contribution is -0.151. The van der Waals surface area contributed by atoms with E-state index in [-0.39, 0.29) is 17.2 Å². The molecule has 1 N–H and O–H groups in total. The standard InChI is InChI=1S/C26H25ClF3N3O4/c1-4-33(5-2)24(19-8-6-7-9-20(19)27)32-37-25(35)16(3)36-23-13-10-17(14-22(23)34)21-12-11-18(15-31-21)26(28,29)30/h6-16,34H,4-5H2,1-3H3. The first-order valence-electron chi connectivity index (χ1n) is 11.4. The molecule has 1 atom stereocenters. The topological polar surface area (TPSA) is 84.2 Å². The molecule has 3 rings (SSSR count). The number of hydrogen-bond donors (Lipinski definition) is 1. The Morgan fingerprint density at radius 1 is 1.14 bits per heavy atom. The van der Waals surface area contributed by atoms with Crippen LogP contribution in [0.4, 0.5) is 13.2 Å². The first kappa shape index (κ1) is 27.8. The van der Waals surface area contributed by atoms with Gasteiger partial charge in [0, 0.05) is 30.4 Å². The van der Waals surface area contributed by atoms with Crippen LogP contribution >= 0.6 is 11.6 Å². The van der Waals surface area contributed by atoms with Crippen LogP contribution in [0.3, 0.4) is 0 Å². The summed E-state index contributed by atoms with van der Waals surface area (Å²) < 4.78 is 43.8. The van der Waals surface area contributed by atoms with E-state index in [4.69, 9.17) is 21.2 Å². The highest BCUT2D eigenvalue weighted by Gasteiger charge is 2.30. The molecule has 0 radical (unpaired) electrons. The van der Waals surface area contributed by atoms with E-state index < -0.39 is 23.8 Å². The van der Waals surface area contributed by atoms with Gasteiger partial charge in [0.1, 0.15) is 0 Å². The quantitative estimate of drug-likeness (QED) is 0.161. The summed E-state index contributed by atoms with van der Waals surface area (Å²) in [6, 6.07) is 13.3. The molecule has 0 bridgehead atoms. The summed E-state index contributed by atoms with van der Waals surface area (Å²) in [6.07, 6.45) is -4.93. The van der Waals surface area contributed by atoms with Gasteiger partial charge in [-0.25, -0.2) is 4.79 Å². The molecule has 0 fully saturated rings. The van der Waals surface area contributed by atoms with Gasteiger partial charge in [0.2, 0.25) is 0 Å². The van der Waals surface area contributed by atoms with Crippen LogP contribution in [0.25, 0.3) is 11.3 Å². The predicted molar refractivity (Wildman–Crippen MR) is 133 cm³/mol. The molecular weight excluding hydrogens is 511 g/mol. The molecule has 11 heteroatoms. The van der Waals surface area contributed by atoms with Gasteiger partial charge in [0.05, 0.1) is 16.3 Å². The van der Waals surface area contributed by atoms with Crippen LogP contribution in [0, 0.1) is 0 Å². The van der Waals surface area contributed by atoms with Crippen molar-refractivity contribution in [1.82, 2.24) is 9.88 Å². The summed E-state index contributed by atoms with van der Waals surface area (Å²) in [6.45, 7) is 6.47. The monoisotopic (exact) mass is 535 g/mol. The Labute approximate surface area is 217 Å². The normalized spacial score (nSPS) is 12.7. The van der Waals surface area contributed by atoms with Gasteiger partial charge in [-0.2, -0.15) is 13.2 Å². The molecule has 0 saturated heterocycles. The molecule has 0 saturated carbocycles. The van der Waals surface area contributed by atoms with Crippen molar-refractivity contribution in [3.63, 3.8) is 0 Å². The molecule has 7 nitrogen and oxygen atoms in total. The molecule has 37 heavy (non-hydrogen) atoms. The number of aromatic hydroxyl groups is 1. The van der Waals surface area contributed by atoms with Crippen molar-refractivity contribution in [2.24, 2.45) is 5.16 Å². The van der Waals surface area contributed by atoms with Gasteiger partial charge < -0.3 is 19.6 Å². The number of carbonyl (C=O) groups excluding carboxylic acids is 1. The van der Waals surface area contributed by atoms with E-state index in [1.807, 2.05) is 18.7 Å². The molecule has 0 aliphatic heterocycles. The molecule has 0 aliphatic rings. The van der Waals surface area contributed by atoms with Crippen LogP contribution in [-0.4, -0.2) is 46.0 Å². The summed E-state index contributed by atoms with van der Waals surface area (Å²) >= 11 is 6.31. The number of benzene rings is 2. The number of pyridine rings is 1. The molecule has 0 aliphatic carbocycles. The minimum absolute atomic E-state index is 0.0286. The lowest BCUT2D eigenvalue weighted by atomic mass is 10.1. The summed E-state index contributed by atoms with van der Waals surface area (Å²) in [7, 11) is 0. The van der Waals surface area contributed by atoms with Gasteiger partial charge in [-0.3, -0.25) is 4.98 Å². The third-order valence-corrected chi connectivity index (χ3v) is 5.71. The predicted octanol–water partition coefficient (Wildman–Crippen LogP) is 6.14. The summed E-state index contributed by atoms with van der Waals surface area (Å²) in [4.78, 5) is 23.4. The highest BCUT2D eigenvalue weighted by atomic mass is 35.5. The third kappa shape index (κ3) is 6.91. The van der Waals surface area contributed by atoms with E-state index in [0.717, 1.165) is 6.07 Å². The number of aromatic nitrogens is 1. The number of nitrogens with zero attached hydrogens (tertiary/aromatic N) is 3. The SMILES string of the molecule is CCN(CC)C(=NOC(=O)C(C)Oc1ccc(-c2ccc(C(F)(F)F)cn2)cc1O)c1ccccc1Cl. The first-order valence-corrected chi connectivity index (χ1v) is 11.7. The molecule has 2 aromatic carbocycles. The van der Waals surface area contributed by atoms with Crippen LogP contribution in [0.15, 0.2) is 65.9 Å². The fourth-order valence-electron chi connectivity index (χ4n) is 3.35. The number of carbonyl (C=O) groups is 1. The molecule has 1 heterocycles. The van der Waals surface area contributed by atoms with Crippen LogP contribution < -0.4 is 4.74 Å². The second-order valence-corrected chi connectivity index (χ2v) is 8.26. The lowest BCUT2D eigenvalue weighted by Gasteiger charge is -2.23. The highest BCUT2D eigenvalue weighted by molar-refractivity contribution is 6.34. The maximum absolute atomic E-state index is 12.8. The molecule has 3 aromatic rings. The van der Waals surface area contributed by atoms with E-state index in [9.17, 15) is 23.1 Å². The zero-order valence-electron chi connectivity index (χ0n) is 20.3. The van der Waals surface area contributed by atoms with Crippen LogP contribution in [0.2, 0.25) is 5.02 Å². The largest absolute Gasteiger partial charge is 0.504 e. The average molecular weight is 536 g/mol. The Hall–Kier alpha value is -3.79. The highest BCUT2D eigenvalue weighted by Crippen LogP contribution is 2.33. The minimum atomic E-state index is -4.50. The van der Waals surface area contributed by atoms with Gasteiger partial charge in [0.25, 0.3) is 0 Å². The number of rotatable bonds is 8. The van der Waals surface area contributed by atoms with Crippen molar-refractivity contribution in [2.75, 3.05) is 13.1 Å². The van der Waals surface area contributed by atoms with Crippen molar-refractivity contribution in [3.05, 3.63) is 76.9 Å². The number of oxime groups is 1. The van der Waals surface area contributed by atoms with Crippen molar-refractivity contribution in [3.8, 4) is 22.8 Å². The summed E-state index contributed by atoms with van der Waals surface area (Å²) in [5, 5.41) is 14.9. The summed E-state index contributed by atoms with van der Waals surface area (Å²) in [5.74, 6) is -0.793. The zero-order chi connectivity index (χ0) is 27.2. The molecule has 196 valence electrons. The number of phenolic OH excluding ortho intramolecular Hbond substituents is 1.